The molecule has 0 radical (unpaired) electrons. The highest BCUT2D eigenvalue weighted by Gasteiger charge is 2.54. The van der Waals surface area contributed by atoms with E-state index < -0.39 is 30.5 Å². The van der Waals surface area contributed by atoms with E-state index in [1.165, 1.54) is 17.2 Å². The molecule has 0 spiro atoms. The number of nitrogens with zero attached hydrogens (tertiary/aromatic N) is 3. The molecule has 8 nitrogen and oxygen atoms in total. The molecule has 1 aliphatic heterocycles. The zero-order chi connectivity index (χ0) is 30.1. The summed E-state index contributed by atoms with van der Waals surface area (Å²) in [6, 6.07) is 12.4. The number of pyridine rings is 2. The average molecular weight is 579 g/mol. The van der Waals surface area contributed by atoms with Crippen LogP contribution in [0, 0.1) is 6.92 Å². The fourth-order valence-electron chi connectivity index (χ4n) is 4.92. The molecule has 0 saturated carbocycles. The molecular formula is C31H29F3N4O4. The zero-order valence-corrected chi connectivity index (χ0v) is 22.8. The first-order valence-electron chi connectivity index (χ1n) is 13.4. The second-order valence-corrected chi connectivity index (χ2v) is 10.5. The van der Waals surface area contributed by atoms with Crippen molar-refractivity contribution >= 4 is 34.6 Å². The SMILES string of the molecule is Cc1cc(-c2ccc(C(=O)N3CCC(O)(C(F)(F)F)CC3)cn2)cc2cc(CCC(=O)/C=C/c3ccc(N)nc3)oc12. The lowest BCUT2D eigenvalue weighted by Crippen LogP contribution is -2.54. The van der Waals surface area contributed by atoms with Crippen LogP contribution in [-0.4, -0.2) is 56.5 Å². The number of aromatic nitrogens is 2. The molecule has 11 heteroatoms. The van der Waals surface area contributed by atoms with Crippen LogP contribution >= 0.6 is 0 Å². The number of nitrogens with two attached hydrogens (primary N) is 1. The Balaban J connectivity index is 1.23. The number of hydrogen-bond donors (Lipinski definition) is 2. The number of likely N-dealkylation sites (tertiary alicyclic amines) is 1. The van der Waals surface area contributed by atoms with Crippen molar-refractivity contribution in [2.24, 2.45) is 0 Å². The molecular weight excluding hydrogens is 549 g/mol. The van der Waals surface area contributed by atoms with Gasteiger partial charge in [0.05, 0.1) is 11.3 Å². The van der Waals surface area contributed by atoms with Gasteiger partial charge in [0, 0.05) is 62.1 Å². The third kappa shape index (κ3) is 6.20. The summed E-state index contributed by atoms with van der Waals surface area (Å²) < 4.78 is 45.3. The Kier molecular flexibility index (Phi) is 7.87. The van der Waals surface area contributed by atoms with E-state index in [4.69, 9.17) is 10.2 Å². The van der Waals surface area contributed by atoms with Crippen LogP contribution < -0.4 is 5.73 Å². The molecule has 218 valence electrons. The Morgan fingerprint density at radius 1 is 1.10 bits per heavy atom. The summed E-state index contributed by atoms with van der Waals surface area (Å²) >= 11 is 0. The Labute approximate surface area is 239 Å². The molecule has 3 aromatic heterocycles. The number of alkyl halides is 3. The predicted molar refractivity (Wildman–Crippen MR) is 151 cm³/mol. The van der Waals surface area contributed by atoms with Crippen molar-refractivity contribution in [1.29, 1.82) is 0 Å². The van der Waals surface area contributed by atoms with Gasteiger partial charge in [0.25, 0.3) is 5.91 Å². The summed E-state index contributed by atoms with van der Waals surface area (Å²) in [5.41, 5.74) is 6.85. The normalized spacial score (nSPS) is 15.4. The first kappa shape index (κ1) is 29.0. The number of halogens is 3. The van der Waals surface area contributed by atoms with Crippen LogP contribution in [0.4, 0.5) is 19.0 Å². The van der Waals surface area contributed by atoms with E-state index in [0.717, 1.165) is 22.1 Å². The maximum Gasteiger partial charge on any atom is 0.417 e. The fraction of sp³-hybridized carbons (Fsp3) is 0.290. The first-order valence-corrected chi connectivity index (χ1v) is 13.4. The highest BCUT2D eigenvalue weighted by atomic mass is 19.4. The van der Waals surface area contributed by atoms with E-state index in [1.807, 2.05) is 25.1 Å². The highest BCUT2D eigenvalue weighted by molar-refractivity contribution is 5.95. The van der Waals surface area contributed by atoms with E-state index in [-0.39, 0.29) is 30.9 Å². The number of carbonyl (C=O) groups excluding carboxylic acids is 2. The number of hydrogen-bond acceptors (Lipinski definition) is 7. The van der Waals surface area contributed by atoms with Gasteiger partial charge in [-0.1, -0.05) is 0 Å². The van der Waals surface area contributed by atoms with E-state index in [0.29, 0.717) is 29.3 Å². The number of fused-ring (bicyclic) bond motifs is 1. The Hall–Kier alpha value is -4.51. The molecule has 4 heterocycles. The number of furan rings is 1. The number of aliphatic hydroxyl groups is 1. The molecule has 1 aromatic carbocycles. The van der Waals surface area contributed by atoms with Crippen molar-refractivity contribution in [2.75, 3.05) is 18.8 Å². The van der Waals surface area contributed by atoms with Crippen LogP contribution in [-0.2, 0) is 11.2 Å². The second-order valence-electron chi connectivity index (χ2n) is 10.5. The molecule has 4 aromatic rings. The Morgan fingerprint density at radius 2 is 1.86 bits per heavy atom. The van der Waals surface area contributed by atoms with Crippen molar-refractivity contribution in [1.82, 2.24) is 14.9 Å². The lowest BCUT2D eigenvalue weighted by molar-refractivity contribution is -0.271. The minimum Gasteiger partial charge on any atom is -0.461 e. The zero-order valence-electron chi connectivity index (χ0n) is 22.8. The lowest BCUT2D eigenvalue weighted by atomic mass is 9.90. The van der Waals surface area contributed by atoms with Gasteiger partial charge in [0.2, 0.25) is 0 Å². The molecule has 1 aliphatic rings. The average Bonchev–Trinajstić information content (AvgIpc) is 3.39. The molecule has 0 aliphatic carbocycles. The molecule has 0 unspecified atom stereocenters. The Bertz CT molecular complexity index is 1640. The molecule has 1 fully saturated rings. The number of aryl methyl sites for hydroxylation is 2. The fourth-order valence-corrected chi connectivity index (χ4v) is 4.92. The third-order valence-corrected chi connectivity index (χ3v) is 7.45. The summed E-state index contributed by atoms with van der Waals surface area (Å²) in [7, 11) is 0. The smallest absolute Gasteiger partial charge is 0.417 e. The van der Waals surface area contributed by atoms with Gasteiger partial charge in [-0.2, -0.15) is 13.2 Å². The van der Waals surface area contributed by atoms with Crippen LogP contribution in [0.2, 0.25) is 0 Å². The van der Waals surface area contributed by atoms with Gasteiger partial charge in [-0.15, -0.1) is 0 Å². The van der Waals surface area contributed by atoms with Crippen molar-refractivity contribution in [2.45, 2.75) is 44.4 Å². The van der Waals surface area contributed by atoms with Gasteiger partial charge >= 0.3 is 6.18 Å². The van der Waals surface area contributed by atoms with Crippen molar-refractivity contribution in [3.05, 3.63) is 83.4 Å². The van der Waals surface area contributed by atoms with Gasteiger partial charge < -0.3 is 20.2 Å². The monoisotopic (exact) mass is 578 g/mol. The largest absolute Gasteiger partial charge is 0.461 e. The maximum atomic E-state index is 13.1. The van der Waals surface area contributed by atoms with Gasteiger partial charge in [-0.25, -0.2) is 4.98 Å². The molecule has 5 rings (SSSR count). The number of amides is 1. The first-order chi connectivity index (χ1) is 19.9. The number of ketones is 1. The van der Waals surface area contributed by atoms with Crippen molar-refractivity contribution in [3.63, 3.8) is 0 Å². The number of allylic oxidation sites excluding steroid dienone is 1. The number of nitrogen functional groups attached to an aromatic ring is 1. The molecule has 1 amide bonds. The van der Waals surface area contributed by atoms with Gasteiger partial charge in [0.15, 0.2) is 11.4 Å². The standard InChI is InChI=1S/C31H29F3N4O4/c1-19-14-22(26-8-4-21(18-36-26)29(40)38-12-10-30(41,11-13-38)31(32,33)34)15-23-16-25(42-28(19)23)7-6-24(39)5-2-20-3-9-27(35)37-17-20/h2-5,8-9,14-18,41H,6-7,10-13H2,1H3,(H2,35,37)/b5-2+. The second kappa shape index (κ2) is 11.4. The van der Waals surface area contributed by atoms with Crippen LogP contribution in [0.5, 0.6) is 0 Å². The maximum absolute atomic E-state index is 13.1. The minimum absolute atomic E-state index is 0.0517. The summed E-state index contributed by atoms with van der Waals surface area (Å²) in [5, 5.41) is 10.7. The highest BCUT2D eigenvalue weighted by Crippen LogP contribution is 2.38. The van der Waals surface area contributed by atoms with E-state index in [9.17, 15) is 27.9 Å². The van der Waals surface area contributed by atoms with E-state index in [1.54, 1.807) is 36.5 Å². The van der Waals surface area contributed by atoms with Gasteiger partial charge in [-0.05, 0) is 72.7 Å². The number of piperidine rings is 1. The van der Waals surface area contributed by atoms with Crippen LogP contribution in [0.3, 0.4) is 0 Å². The van der Waals surface area contributed by atoms with Crippen LogP contribution in [0.15, 0.2) is 65.4 Å². The summed E-state index contributed by atoms with van der Waals surface area (Å²) in [5.74, 6) is 0.602. The Morgan fingerprint density at radius 3 is 2.50 bits per heavy atom. The summed E-state index contributed by atoms with van der Waals surface area (Å²) in [6.07, 6.45) is 1.04. The number of rotatable bonds is 7. The molecule has 0 atom stereocenters. The summed E-state index contributed by atoms with van der Waals surface area (Å²) in [4.78, 5) is 34.9. The molecule has 42 heavy (non-hydrogen) atoms. The van der Waals surface area contributed by atoms with E-state index in [2.05, 4.69) is 9.97 Å². The van der Waals surface area contributed by atoms with Crippen LogP contribution in [0.25, 0.3) is 28.3 Å². The van der Waals surface area contributed by atoms with Gasteiger partial charge in [-0.3, -0.25) is 14.6 Å². The minimum atomic E-state index is -4.73. The van der Waals surface area contributed by atoms with Gasteiger partial charge in [0.1, 0.15) is 17.2 Å². The quantitative estimate of drug-likeness (QED) is 0.277. The summed E-state index contributed by atoms with van der Waals surface area (Å²) in [6.45, 7) is 1.51. The molecule has 1 saturated heterocycles. The van der Waals surface area contributed by atoms with Crippen molar-refractivity contribution < 1.29 is 32.3 Å². The third-order valence-electron chi connectivity index (χ3n) is 7.45. The molecule has 3 N–H and O–H groups in total. The number of anilines is 1. The lowest BCUT2D eigenvalue weighted by Gasteiger charge is -2.39. The topological polar surface area (TPSA) is 123 Å². The number of benzene rings is 1. The van der Waals surface area contributed by atoms with Crippen molar-refractivity contribution in [3.8, 4) is 11.3 Å². The predicted octanol–water partition coefficient (Wildman–Crippen LogP) is 5.52. The van der Waals surface area contributed by atoms with E-state index >= 15 is 0 Å². The van der Waals surface area contributed by atoms with Crippen LogP contribution in [0.1, 0.15) is 46.5 Å². The number of carbonyl (C=O) groups is 2. The molecule has 0 bridgehead atoms.